The van der Waals surface area contributed by atoms with Crippen molar-refractivity contribution in [2.75, 3.05) is 10.6 Å². The number of halogens is 2. The standard InChI is InChI=1S/C20H17ClFN3O/c1-13-16(21)6-4-8-18(13)25-20(26)15-9-10-19(24-12-15)23-11-14-5-2-3-7-17(14)22/h2-10,12H,11H2,1H3,(H,23,24)(H,25,26). The SMILES string of the molecule is Cc1c(Cl)cccc1NC(=O)c1ccc(NCc2ccccc2F)nc1. The van der Waals surface area contributed by atoms with Gasteiger partial charge in [-0.2, -0.15) is 0 Å². The van der Waals surface area contributed by atoms with E-state index >= 15 is 0 Å². The molecule has 2 N–H and O–H groups in total. The molecule has 0 aliphatic rings. The van der Waals surface area contributed by atoms with Crippen LogP contribution < -0.4 is 10.6 Å². The molecule has 1 heterocycles. The van der Waals surface area contributed by atoms with Crippen molar-refractivity contribution in [2.24, 2.45) is 0 Å². The van der Waals surface area contributed by atoms with Crippen LogP contribution in [0.2, 0.25) is 5.02 Å². The number of hydrogen-bond donors (Lipinski definition) is 2. The number of nitrogens with one attached hydrogen (secondary N) is 2. The molecule has 26 heavy (non-hydrogen) atoms. The summed E-state index contributed by atoms with van der Waals surface area (Å²) >= 11 is 6.06. The van der Waals surface area contributed by atoms with Crippen LogP contribution in [0, 0.1) is 12.7 Å². The van der Waals surface area contributed by atoms with Gasteiger partial charge in [0, 0.05) is 29.0 Å². The molecule has 0 aliphatic heterocycles. The largest absolute Gasteiger partial charge is 0.366 e. The number of amides is 1. The van der Waals surface area contributed by atoms with Crippen LogP contribution >= 0.6 is 11.6 Å². The Balaban J connectivity index is 1.64. The zero-order valence-corrected chi connectivity index (χ0v) is 14.8. The zero-order chi connectivity index (χ0) is 18.5. The highest BCUT2D eigenvalue weighted by Crippen LogP contribution is 2.23. The predicted octanol–water partition coefficient (Wildman–Crippen LogP) is 5.05. The highest BCUT2D eigenvalue weighted by Gasteiger charge is 2.10. The van der Waals surface area contributed by atoms with Crippen LogP contribution in [-0.4, -0.2) is 10.9 Å². The smallest absolute Gasteiger partial charge is 0.257 e. The van der Waals surface area contributed by atoms with Gasteiger partial charge in [-0.25, -0.2) is 9.37 Å². The molecule has 4 nitrogen and oxygen atoms in total. The maximum Gasteiger partial charge on any atom is 0.257 e. The van der Waals surface area contributed by atoms with E-state index < -0.39 is 0 Å². The Bertz CT molecular complexity index is 929. The first kappa shape index (κ1) is 17.9. The third kappa shape index (κ3) is 4.18. The van der Waals surface area contributed by atoms with E-state index in [0.29, 0.717) is 34.2 Å². The molecule has 0 bridgehead atoms. The molecule has 132 valence electrons. The molecule has 0 unspecified atom stereocenters. The van der Waals surface area contributed by atoms with Crippen molar-refractivity contribution in [3.8, 4) is 0 Å². The topological polar surface area (TPSA) is 54.0 Å². The second-order valence-corrected chi connectivity index (χ2v) is 6.15. The Labute approximate surface area is 156 Å². The lowest BCUT2D eigenvalue weighted by molar-refractivity contribution is 0.102. The molecule has 3 rings (SSSR count). The van der Waals surface area contributed by atoms with Crippen LogP contribution in [0.5, 0.6) is 0 Å². The molecule has 6 heteroatoms. The molecular weight excluding hydrogens is 353 g/mol. The molecule has 0 atom stereocenters. The number of hydrogen-bond acceptors (Lipinski definition) is 3. The first-order valence-corrected chi connectivity index (χ1v) is 8.42. The van der Waals surface area contributed by atoms with Crippen LogP contribution in [0.25, 0.3) is 0 Å². The summed E-state index contributed by atoms with van der Waals surface area (Å²) in [6, 6.07) is 15.2. The molecular formula is C20H17ClFN3O. The van der Waals surface area contributed by atoms with Crippen molar-refractivity contribution < 1.29 is 9.18 Å². The van der Waals surface area contributed by atoms with E-state index in [-0.39, 0.29) is 11.7 Å². The van der Waals surface area contributed by atoms with Crippen LogP contribution in [0.15, 0.2) is 60.8 Å². The van der Waals surface area contributed by atoms with Gasteiger partial charge in [0.15, 0.2) is 0 Å². The lowest BCUT2D eigenvalue weighted by Crippen LogP contribution is -2.13. The van der Waals surface area contributed by atoms with Crippen molar-refractivity contribution in [2.45, 2.75) is 13.5 Å². The minimum atomic E-state index is -0.275. The fraction of sp³-hybridized carbons (Fsp3) is 0.100. The summed E-state index contributed by atoms with van der Waals surface area (Å²) in [4.78, 5) is 16.6. The highest BCUT2D eigenvalue weighted by atomic mass is 35.5. The summed E-state index contributed by atoms with van der Waals surface area (Å²) in [5, 5.41) is 6.44. The van der Waals surface area contributed by atoms with E-state index in [4.69, 9.17) is 11.6 Å². The summed E-state index contributed by atoms with van der Waals surface area (Å²) in [5.74, 6) is 0.0140. The van der Waals surface area contributed by atoms with Crippen LogP contribution in [0.3, 0.4) is 0 Å². The Hall–Kier alpha value is -2.92. The monoisotopic (exact) mass is 369 g/mol. The molecule has 0 aliphatic carbocycles. The first-order valence-electron chi connectivity index (χ1n) is 8.04. The highest BCUT2D eigenvalue weighted by molar-refractivity contribution is 6.31. The third-order valence-electron chi connectivity index (χ3n) is 3.96. The van der Waals surface area contributed by atoms with E-state index in [1.807, 2.05) is 6.92 Å². The molecule has 0 radical (unpaired) electrons. The van der Waals surface area contributed by atoms with Crippen LogP contribution in [0.4, 0.5) is 15.9 Å². The van der Waals surface area contributed by atoms with Crippen LogP contribution in [-0.2, 0) is 6.54 Å². The molecule has 0 saturated heterocycles. The minimum absolute atomic E-state index is 0.270. The quantitative estimate of drug-likeness (QED) is 0.662. The fourth-order valence-corrected chi connectivity index (χ4v) is 2.57. The van der Waals surface area contributed by atoms with Gasteiger partial charge in [0.05, 0.1) is 5.56 Å². The van der Waals surface area contributed by atoms with Crippen molar-refractivity contribution in [1.82, 2.24) is 4.98 Å². The zero-order valence-electron chi connectivity index (χ0n) is 14.1. The lowest BCUT2D eigenvalue weighted by Gasteiger charge is -2.10. The second kappa shape index (κ2) is 7.97. The Morgan fingerprint density at radius 1 is 1.12 bits per heavy atom. The summed E-state index contributed by atoms with van der Waals surface area (Å²) in [6.45, 7) is 2.15. The lowest BCUT2D eigenvalue weighted by atomic mass is 10.2. The van der Waals surface area contributed by atoms with Gasteiger partial charge >= 0.3 is 0 Å². The summed E-state index contributed by atoms with van der Waals surface area (Å²) in [7, 11) is 0. The van der Waals surface area contributed by atoms with Gasteiger partial charge in [0.25, 0.3) is 5.91 Å². The number of nitrogens with zero attached hydrogens (tertiary/aromatic N) is 1. The Morgan fingerprint density at radius 3 is 2.65 bits per heavy atom. The van der Waals surface area contributed by atoms with Crippen LogP contribution in [0.1, 0.15) is 21.5 Å². The number of carbonyl (C=O) groups is 1. The number of pyridine rings is 1. The molecule has 3 aromatic rings. The number of carbonyl (C=O) groups excluding carboxylic acids is 1. The van der Waals surface area contributed by atoms with E-state index in [1.54, 1.807) is 48.5 Å². The maximum atomic E-state index is 13.6. The van der Waals surface area contributed by atoms with Gasteiger partial charge < -0.3 is 10.6 Å². The Morgan fingerprint density at radius 2 is 1.92 bits per heavy atom. The van der Waals surface area contributed by atoms with Gasteiger partial charge in [0.1, 0.15) is 11.6 Å². The first-order chi connectivity index (χ1) is 12.5. The van der Waals surface area contributed by atoms with Crippen molar-refractivity contribution in [3.63, 3.8) is 0 Å². The molecule has 0 spiro atoms. The average molecular weight is 370 g/mol. The molecule has 1 aromatic heterocycles. The minimum Gasteiger partial charge on any atom is -0.366 e. The van der Waals surface area contributed by atoms with Gasteiger partial charge in [0.2, 0.25) is 0 Å². The fourth-order valence-electron chi connectivity index (χ4n) is 2.40. The van der Waals surface area contributed by atoms with Crippen molar-refractivity contribution in [1.29, 1.82) is 0 Å². The molecule has 2 aromatic carbocycles. The summed E-state index contributed by atoms with van der Waals surface area (Å²) in [6.07, 6.45) is 1.47. The van der Waals surface area contributed by atoms with Crippen molar-refractivity contribution >= 4 is 29.0 Å². The van der Waals surface area contributed by atoms with Gasteiger partial charge in [-0.3, -0.25) is 4.79 Å². The number of anilines is 2. The third-order valence-corrected chi connectivity index (χ3v) is 4.37. The van der Waals surface area contributed by atoms with Crippen molar-refractivity contribution in [3.05, 3.63) is 88.3 Å². The summed E-state index contributed by atoms with van der Waals surface area (Å²) in [5.41, 5.74) is 2.43. The van der Waals surface area contributed by atoms with E-state index in [2.05, 4.69) is 15.6 Å². The molecule has 0 saturated carbocycles. The number of rotatable bonds is 5. The maximum absolute atomic E-state index is 13.6. The van der Waals surface area contributed by atoms with Gasteiger partial charge in [-0.15, -0.1) is 0 Å². The second-order valence-electron chi connectivity index (χ2n) is 5.74. The van der Waals surface area contributed by atoms with E-state index in [0.717, 1.165) is 5.56 Å². The number of aromatic nitrogens is 1. The van der Waals surface area contributed by atoms with Gasteiger partial charge in [-0.05, 0) is 42.8 Å². The van der Waals surface area contributed by atoms with Gasteiger partial charge in [-0.1, -0.05) is 35.9 Å². The predicted molar refractivity (Wildman–Crippen MR) is 102 cm³/mol. The summed E-state index contributed by atoms with van der Waals surface area (Å²) < 4.78 is 13.6. The Kier molecular flexibility index (Phi) is 5.49. The van der Waals surface area contributed by atoms with E-state index in [1.165, 1.54) is 12.3 Å². The number of benzene rings is 2. The molecule has 0 fully saturated rings. The molecule has 1 amide bonds. The van der Waals surface area contributed by atoms with E-state index in [9.17, 15) is 9.18 Å². The normalized spacial score (nSPS) is 10.4. The average Bonchev–Trinajstić information content (AvgIpc) is 2.65.